The van der Waals surface area contributed by atoms with Gasteiger partial charge < -0.3 is 5.32 Å². The smallest absolute Gasteiger partial charge is 0.352 e. The summed E-state index contributed by atoms with van der Waals surface area (Å²) in [6.07, 6.45) is 6.89. The molecule has 2 rings (SSSR count). The highest BCUT2D eigenvalue weighted by Crippen LogP contribution is 2.41. The van der Waals surface area contributed by atoms with E-state index >= 15 is 0 Å². The number of allylic oxidation sites excluding steroid dienone is 7. The Morgan fingerprint density at radius 1 is 1.32 bits per heavy atom. The highest BCUT2D eigenvalue weighted by Gasteiger charge is 2.44. The van der Waals surface area contributed by atoms with E-state index in [1.165, 1.54) is 18.2 Å². The molecule has 2 aliphatic carbocycles. The van der Waals surface area contributed by atoms with E-state index in [1.54, 1.807) is 12.2 Å². The number of rotatable bonds is 4. The third kappa shape index (κ3) is 3.70. The second kappa shape index (κ2) is 6.99. The molecule has 2 unspecified atom stereocenters. The first kappa shape index (κ1) is 16.6. The van der Waals surface area contributed by atoms with Crippen molar-refractivity contribution < 1.29 is 18.0 Å². The molecule has 0 aromatic carbocycles. The molecule has 5 heteroatoms. The number of amides is 1. The molecule has 0 saturated heterocycles. The third-order valence-corrected chi connectivity index (χ3v) is 3.89. The summed E-state index contributed by atoms with van der Waals surface area (Å²) in [4.78, 5) is 12.2. The lowest BCUT2D eigenvalue weighted by Crippen LogP contribution is -2.33. The van der Waals surface area contributed by atoms with Crippen LogP contribution >= 0.6 is 0 Å². The SMILES string of the molecule is CCCNC(=O)C1=C(C2C=CC=CC2C(F)(F)F)C=CCC1. The molecule has 22 heavy (non-hydrogen) atoms. The van der Waals surface area contributed by atoms with Crippen LogP contribution in [0.25, 0.3) is 0 Å². The summed E-state index contributed by atoms with van der Waals surface area (Å²) in [6.45, 7) is 2.47. The summed E-state index contributed by atoms with van der Waals surface area (Å²) in [6, 6.07) is 0. The zero-order valence-electron chi connectivity index (χ0n) is 12.5. The quantitative estimate of drug-likeness (QED) is 0.833. The number of hydrogen-bond donors (Lipinski definition) is 1. The largest absolute Gasteiger partial charge is 0.396 e. The lowest BCUT2D eigenvalue weighted by Gasteiger charge is -2.30. The second-order valence-corrected chi connectivity index (χ2v) is 5.49. The molecule has 1 amide bonds. The number of alkyl halides is 3. The van der Waals surface area contributed by atoms with E-state index in [-0.39, 0.29) is 5.91 Å². The van der Waals surface area contributed by atoms with E-state index in [4.69, 9.17) is 0 Å². The second-order valence-electron chi connectivity index (χ2n) is 5.49. The Balaban J connectivity index is 2.34. The van der Waals surface area contributed by atoms with Crippen molar-refractivity contribution in [3.63, 3.8) is 0 Å². The molecule has 0 aromatic heterocycles. The van der Waals surface area contributed by atoms with Crippen molar-refractivity contribution in [2.45, 2.75) is 32.4 Å². The van der Waals surface area contributed by atoms with Gasteiger partial charge in [0, 0.05) is 18.0 Å². The number of carbonyl (C=O) groups excluding carboxylic acids is 1. The summed E-state index contributed by atoms with van der Waals surface area (Å²) in [7, 11) is 0. The van der Waals surface area contributed by atoms with Crippen molar-refractivity contribution in [2.24, 2.45) is 11.8 Å². The maximum atomic E-state index is 13.2. The predicted octanol–water partition coefficient (Wildman–Crippen LogP) is 4.08. The van der Waals surface area contributed by atoms with Crippen LogP contribution in [0.1, 0.15) is 26.2 Å². The summed E-state index contributed by atoms with van der Waals surface area (Å²) in [5, 5.41) is 2.77. The van der Waals surface area contributed by atoms with Crippen molar-refractivity contribution in [1.29, 1.82) is 0 Å². The molecule has 0 spiro atoms. The number of halogens is 3. The minimum atomic E-state index is -4.32. The fourth-order valence-corrected chi connectivity index (χ4v) is 2.80. The minimum Gasteiger partial charge on any atom is -0.352 e. The van der Waals surface area contributed by atoms with Crippen LogP contribution in [-0.2, 0) is 4.79 Å². The molecule has 2 nitrogen and oxygen atoms in total. The van der Waals surface area contributed by atoms with Gasteiger partial charge in [-0.3, -0.25) is 4.79 Å². The average molecular weight is 311 g/mol. The van der Waals surface area contributed by atoms with Crippen molar-refractivity contribution in [3.05, 3.63) is 47.6 Å². The monoisotopic (exact) mass is 311 g/mol. The van der Waals surface area contributed by atoms with E-state index in [0.29, 0.717) is 30.5 Å². The summed E-state index contributed by atoms with van der Waals surface area (Å²) in [5.41, 5.74) is 0.970. The predicted molar refractivity (Wildman–Crippen MR) is 80.0 cm³/mol. The standard InChI is InChI=1S/C17H20F3NO/c1-2-11-21-16(22)14-9-4-3-7-12(14)13-8-5-6-10-15(13)17(18,19)20/h3,5-8,10,13,15H,2,4,9,11H2,1H3,(H,21,22). The van der Waals surface area contributed by atoms with Crippen LogP contribution in [0.15, 0.2) is 47.6 Å². The summed E-state index contributed by atoms with van der Waals surface area (Å²) in [5.74, 6) is -2.65. The molecular formula is C17H20F3NO. The zero-order chi connectivity index (χ0) is 16.2. The maximum absolute atomic E-state index is 13.2. The molecule has 0 bridgehead atoms. The zero-order valence-corrected chi connectivity index (χ0v) is 12.5. The molecule has 0 heterocycles. The van der Waals surface area contributed by atoms with Crippen molar-refractivity contribution in [2.75, 3.05) is 6.54 Å². The Kier molecular flexibility index (Phi) is 5.27. The Morgan fingerprint density at radius 3 is 2.73 bits per heavy atom. The van der Waals surface area contributed by atoms with E-state index in [2.05, 4.69) is 5.32 Å². The topological polar surface area (TPSA) is 29.1 Å². The van der Waals surface area contributed by atoms with Gasteiger partial charge in [-0.25, -0.2) is 0 Å². The van der Waals surface area contributed by atoms with Crippen molar-refractivity contribution >= 4 is 5.91 Å². The first-order chi connectivity index (χ1) is 10.4. The van der Waals surface area contributed by atoms with Crippen LogP contribution < -0.4 is 5.32 Å². The number of nitrogens with one attached hydrogen (secondary N) is 1. The van der Waals surface area contributed by atoms with Gasteiger partial charge in [-0.15, -0.1) is 0 Å². The molecule has 1 N–H and O–H groups in total. The molecule has 0 radical (unpaired) electrons. The third-order valence-electron chi connectivity index (χ3n) is 3.89. The van der Waals surface area contributed by atoms with Crippen LogP contribution in [0, 0.1) is 11.8 Å². The normalized spacial score (nSPS) is 24.7. The van der Waals surface area contributed by atoms with E-state index in [1.807, 2.05) is 13.0 Å². The van der Waals surface area contributed by atoms with Crippen LogP contribution in [0.5, 0.6) is 0 Å². The first-order valence-corrected chi connectivity index (χ1v) is 7.54. The number of hydrogen-bond acceptors (Lipinski definition) is 1. The fourth-order valence-electron chi connectivity index (χ4n) is 2.80. The lowest BCUT2D eigenvalue weighted by molar-refractivity contribution is -0.167. The Bertz CT molecular complexity index is 541. The highest BCUT2D eigenvalue weighted by molar-refractivity contribution is 5.95. The van der Waals surface area contributed by atoms with Gasteiger partial charge in [-0.05, 0) is 24.8 Å². The van der Waals surface area contributed by atoms with E-state index in [0.717, 1.165) is 6.42 Å². The molecule has 0 aromatic rings. The van der Waals surface area contributed by atoms with E-state index < -0.39 is 18.0 Å². The van der Waals surface area contributed by atoms with Crippen LogP contribution in [0.2, 0.25) is 0 Å². The van der Waals surface area contributed by atoms with Crippen molar-refractivity contribution in [1.82, 2.24) is 5.32 Å². The lowest BCUT2D eigenvalue weighted by atomic mass is 9.78. The molecule has 0 aliphatic heterocycles. The van der Waals surface area contributed by atoms with Gasteiger partial charge >= 0.3 is 6.18 Å². The minimum absolute atomic E-state index is 0.245. The van der Waals surface area contributed by atoms with Crippen LogP contribution in [0.4, 0.5) is 13.2 Å². The van der Waals surface area contributed by atoms with Gasteiger partial charge in [-0.1, -0.05) is 43.4 Å². The summed E-state index contributed by atoms with van der Waals surface area (Å²) >= 11 is 0. The molecule has 120 valence electrons. The fraction of sp³-hybridized carbons (Fsp3) is 0.471. The molecule has 0 saturated carbocycles. The van der Waals surface area contributed by atoms with Crippen LogP contribution in [-0.4, -0.2) is 18.6 Å². The van der Waals surface area contributed by atoms with Gasteiger partial charge in [0.25, 0.3) is 0 Å². The van der Waals surface area contributed by atoms with Gasteiger partial charge in [0.15, 0.2) is 0 Å². The van der Waals surface area contributed by atoms with Crippen molar-refractivity contribution in [3.8, 4) is 0 Å². The van der Waals surface area contributed by atoms with E-state index in [9.17, 15) is 18.0 Å². The highest BCUT2D eigenvalue weighted by atomic mass is 19.4. The molecule has 2 atom stereocenters. The average Bonchev–Trinajstić information content (AvgIpc) is 2.52. The Labute approximate surface area is 128 Å². The van der Waals surface area contributed by atoms with Crippen LogP contribution in [0.3, 0.4) is 0 Å². The first-order valence-electron chi connectivity index (χ1n) is 7.54. The number of carbonyl (C=O) groups is 1. The van der Waals surface area contributed by atoms with Gasteiger partial charge in [0.1, 0.15) is 0 Å². The maximum Gasteiger partial charge on any atom is 0.396 e. The van der Waals surface area contributed by atoms with Gasteiger partial charge in [0.05, 0.1) is 5.92 Å². The van der Waals surface area contributed by atoms with Gasteiger partial charge in [-0.2, -0.15) is 13.2 Å². The molecule has 0 fully saturated rings. The van der Waals surface area contributed by atoms with Gasteiger partial charge in [0.2, 0.25) is 5.91 Å². The molecule has 2 aliphatic rings. The Hall–Kier alpha value is -1.78. The molecular weight excluding hydrogens is 291 g/mol. The summed E-state index contributed by atoms with van der Waals surface area (Å²) < 4.78 is 39.7. The Morgan fingerprint density at radius 2 is 2.05 bits per heavy atom.